The first kappa shape index (κ1) is 23.5. The van der Waals surface area contributed by atoms with Gasteiger partial charge in [0.15, 0.2) is 5.78 Å². The molecule has 1 aromatic carbocycles. The molecule has 0 radical (unpaired) electrons. The molecule has 29 heavy (non-hydrogen) atoms. The molecule has 0 unspecified atom stereocenters. The average molecular weight is 420 g/mol. The maximum absolute atomic E-state index is 12.8. The molecule has 0 spiro atoms. The van der Waals surface area contributed by atoms with Gasteiger partial charge in [-0.2, -0.15) is 11.8 Å². The van der Waals surface area contributed by atoms with E-state index in [9.17, 15) is 14.4 Å². The molecule has 1 N–H and O–H groups in total. The number of amides is 1. The number of Topliss-reactive ketones (excluding diaryl/α,β-unsaturated/α-hetero) is 1. The van der Waals surface area contributed by atoms with Gasteiger partial charge in [-0.05, 0) is 48.6 Å². The Balaban J connectivity index is 2.13. The van der Waals surface area contributed by atoms with Gasteiger partial charge in [0.1, 0.15) is 12.0 Å². The van der Waals surface area contributed by atoms with E-state index in [1.165, 1.54) is 0 Å². The van der Waals surface area contributed by atoms with E-state index in [-0.39, 0.29) is 35.9 Å². The molecule has 0 saturated carbocycles. The third kappa shape index (κ3) is 7.84. The van der Waals surface area contributed by atoms with E-state index in [1.807, 2.05) is 45.0 Å². The zero-order chi connectivity index (χ0) is 21.2. The number of ether oxygens (including phenoxy) is 1. The predicted octanol–water partition coefficient (Wildman–Crippen LogP) is 3.69. The molecule has 0 saturated heterocycles. The minimum absolute atomic E-state index is 0.0239. The molecule has 2 bridgehead atoms. The number of thioether (sulfide) groups is 1. The summed E-state index contributed by atoms with van der Waals surface area (Å²) in [5.74, 6) is 1.62. The van der Waals surface area contributed by atoms with Crippen LogP contribution in [0.5, 0.6) is 5.75 Å². The fourth-order valence-corrected chi connectivity index (χ4v) is 4.42. The van der Waals surface area contributed by atoms with Gasteiger partial charge in [-0.3, -0.25) is 9.59 Å². The molecule has 3 atom stereocenters. The summed E-state index contributed by atoms with van der Waals surface area (Å²) in [5.41, 5.74) is 1.06. The van der Waals surface area contributed by atoms with Crippen LogP contribution in [0, 0.1) is 17.8 Å². The van der Waals surface area contributed by atoms with Crippen LogP contribution in [0.15, 0.2) is 24.3 Å². The Bertz CT molecular complexity index is 674. The van der Waals surface area contributed by atoms with Crippen molar-refractivity contribution in [3.63, 3.8) is 0 Å². The fraction of sp³-hybridized carbons (Fsp3) is 0.609. The maximum Gasteiger partial charge on any atom is 0.223 e. The van der Waals surface area contributed by atoms with Gasteiger partial charge >= 0.3 is 0 Å². The Hall–Kier alpha value is -1.82. The zero-order valence-electron chi connectivity index (χ0n) is 17.7. The van der Waals surface area contributed by atoms with E-state index in [1.54, 1.807) is 11.8 Å². The first-order valence-electron chi connectivity index (χ1n) is 10.5. The zero-order valence-corrected chi connectivity index (χ0v) is 18.5. The molecule has 160 valence electrons. The Morgan fingerprint density at radius 3 is 2.52 bits per heavy atom. The van der Waals surface area contributed by atoms with Crippen LogP contribution < -0.4 is 10.1 Å². The van der Waals surface area contributed by atoms with Crippen LogP contribution in [0.4, 0.5) is 0 Å². The van der Waals surface area contributed by atoms with Crippen LogP contribution in [-0.4, -0.2) is 42.1 Å². The van der Waals surface area contributed by atoms with Crippen molar-refractivity contribution < 1.29 is 19.1 Å². The van der Waals surface area contributed by atoms with E-state index < -0.39 is 6.04 Å². The summed E-state index contributed by atoms with van der Waals surface area (Å²) in [4.78, 5) is 37.0. The number of hydrogen-bond acceptors (Lipinski definition) is 5. The normalized spacial score (nSPS) is 25.4. The van der Waals surface area contributed by atoms with Crippen molar-refractivity contribution in [2.24, 2.45) is 17.8 Å². The Labute approximate surface area is 178 Å². The Kier molecular flexibility index (Phi) is 9.71. The number of fused-ring (bicyclic) bond motifs is 16. The quantitative estimate of drug-likeness (QED) is 0.740. The topological polar surface area (TPSA) is 72.5 Å². The molecular weight excluding hydrogens is 386 g/mol. The number of benzene rings is 1. The van der Waals surface area contributed by atoms with E-state index in [4.69, 9.17) is 4.74 Å². The second kappa shape index (κ2) is 12.0. The molecule has 2 heterocycles. The van der Waals surface area contributed by atoms with Crippen molar-refractivity contribution in [1.29, 1.82) is 0 Å². The third-order valence-electron chi connectivity index (χ3n) is 5.16. The molecule has 5 nitrogen and oxygen atoms in total. The van der Waals surface area contributed by atoms with E-state index in [0.29, 0.717) is 18.8 Å². The standard InChI is InChI=1S/C23H33NO4S/c1-16(2)22-21(26)13-19(14-25)15-29-11-5-4-10-28-20-8-6-18(7-9-20)12-17(3)23(27)24-22/h6-9,14,16-17,19,22H,4-5,10-13,15H2,1-3H3,(H,24,27)/t17-,19+,22-/m0/s1. The Morgan fingerprint density at radius 2 is 1.86 bits per heavy atom. The molecule has 0 fully saturated rings. The van der Waals surface area contributed by atoms with Gasteiger partial charge in [-0.15, -0.1) is 0 Å². The SMILES string of the molecule is CC(C)[C@@H]1NC(=O)[C@@H](C)Cc2ccc(cc2)OCCCCSC[C@@H](C=O)CC1=O. The number of ketones is 1. The number of aldehydes is 1. The second-order valence-electron chi connectivity index (χ2n) is 8.18. The summed E-state index contributed by atoms with van der Waals surface area (Å²) in [6, 6.07) is 7.30. The summed E-state index contributed by atoms with van der Waals surface area (Å²) in [6.07, 6.45) is 3.60. The summed E-state index contributed by atoms with van der Waals surface area (Å²) < 4.78 is 5.78. The molecule has 3 rings (SSSR count). The maximum atomic E-state index is 12.8. The summed E-state index contributed by atoms with van der Waals surface area (Å²) in [6.45, 7) is 6.37. The van der Waals surface area contributed by atoms with Crippen molar-refractivity contribution in [1.82, 2.24) is 5.32 Å². The minimum Gasteiger partial charge on any atom is -0.494 e. The van der Waals surface area contributed by atoms with Crippen LogP contribution in [0.3, 0.4) is 0 Å². The number of carbonyl (C=O) groups excluding carboxylic acids is 3. The second-order valence-corrected chi connectivity index (χ2v) is 9.33. The van der Waals surface area contributed by atoms with Crippen molar-refractivity contribution in [3.05, 3.63) is 29.8 Å². The molecule has 6 heteroatoms. The molecule has 2 aliphatic rings. The van der Waals surface area contributed by atoms with Gasteiger partial charge in [-0.25, -0.2) is 0 Å². The summed E-state index contributed by atoms with van der Waals surface area (Å²) in [7, 11) is 0. The summed E-state index contributed by atoms with van der Waals surface area (Å²) >= 11 is 1.70. The summed E-state index contributed by atoms with van der Waals surface area (Å²) in [5, 5.41) is 2.93. The van der Waals surface area contributed by atoms with E-state index >= 15 is 0 Å². The molecule has 0 aromatic heterocycles. The van der Waals surface area contributed by atoms with Gasteiger partial charge in [-0.1, -0.05) is 32.9 Å². The van der Waals surface area contributed by atoms with Crippen LogP contribution >= 0.6 is 11.8 Å². The van der Waals surface area contributed by atoms with Gasteiger partial charge in [0.2, 0.25) is 5.91 Å². The molecule has 0 aliphatic carbocycles. The van der Waals surface area contributed by atoms with Gasteiger partial charge in [0.05, 0.1) is 12.6 Å². The van der Waals surface area contributed by atoms with Crippen molar-refractivity contribution in [2.45, 2.75) is 52.5 Å². The molecular formula is C23H33NO4S. The number of nitrogens with one attached hydrogen (secondary N) is 1. The smallest absolute Gasteiger partial charge is 0.223 e. The van der Waals surface area contributed by atoms with Gasteiger partial charge in [0, 0.05) is 24.0 Å². The lowest BCUT2D eigenvalue weighted by atomic mass is 9.92. The lowest BCUT2D eigenvalue weighted by molar-refractivity contribution is -0.131. The highest BCUT2D eigenvalue weighted by Crippen LogP contribution is 2.19. The molecule has 1 amide bonds. The molecule has 1 aromatic rings. The van der Waals surface area contributed by atoms with Gasteiger partial charge < -0.3 is 14.8 Å². The van der Waals surface area contributed by atoms with Crippen LogP contribution in [0.2, 0.25) is 0 Å². The number of carbonyl (C=O) groups is 3. The first-order valence-corrected chi connectivity index (χ1v) is 11.6. The van der Waals surface area contributed by atoms with Gasteiger partial charge in [0.25, 0.3) is 0 Å². The minimum atomic E-state index is -0.560. The number of hydrogen-bond donors (Lipinski definition) is 1. The van der Waals surface area contributed by atoms with Crippen molar-refractivity contribution >= 4 is 29.7 Å². The predicted molar refractivity (Wildman–Crippen MR) is 117 cm³/mol. The lowest BCUT2D eigenvalue weighted by Gasteiger charge is -2.24. The fourth-order valence-electron chi connectivity index (χ4n) is 3.35. The van der Waals surface area contributed by atoms with Crippen LogP contribution in [0.25, 0.3) is 0 Å². The highest BCUT2D eigenvalue weighted by atomic mass is 32.2. The third-order valence-corrected chi connectivity index (χ3v) is 6.40. The first-order chi connectivity index (χ1) is 13.9. The van der Waals surface area contributed by atoms with Crippen molar-refractivity contribution in [3.8, 4) is 5.75 Å². The largest absolute Gasteiger partial charge is 0.494 e. The van der Waals surface area contributed by atoms with Crippen LogP contribution in [-0.2, 0) is 20.8 Å². The highest BCUT2D eigenvalue weighted by molar-refractivity contribution is 7.99. The lowest BCUT2D eigenvalue weighted by Crippen LogP contribution is -2.47. The average Bonchev–Trinajstić information content (AvgIpc) is 2.70. The van der Waals surface area contributed by atoms with E-state index in [2.05, 4.69) is 5.32 Å². The monoisotopic (exact) mass is 419 g/mol. The van der Waals surface area contributed by atoms with Crippen molar-refractivity contribution in [2.75, 3.05) is 18.1 Å². The van der Waals surface area contributed by atoms with E-state index in [0.717, 1.165) is 36.2 Å². The highest BCUT2D eigenvalue weighted by Gasteiger charge is 2.28. The Morgan fingerprint density at radius 1 is 1.14 bits per heavy atom. The van der Waals surface area contributed by atoms with Crippen LogP contribution in [0.1, 0.15) is 45.6 Å². The number of rotatable bonds is 2. The molecule has 2 aliphatic heterocycles.